The Bertz CT molecular complexity index is 698. The lowest BCUT2D eigenvalue weighted by atomic mass is 10.2. The van der Waals surface area contributed by atoms with Crippen LogP contribution in [0.2, 0.25) is 0 Å². The molecular formula is C16H15NOS2. The molecule has 3 rings (SSSR count). The normalized spacial score (nSPS) is 10.2. The van der Waals surface area contributed by atoms with Crippen molar-refractivity contribution in [3.63, 3.8) is 0 Å². The minimum atomic E-state index is 0. The fraction of sp³-hybridized carbons (Fsp3) is 0.0625. The number of phenols is 1. The van der Waals surface area contributed by atoms with Crippen LogP contribution in [0, 0.1) is 0 Å². The Hall–Kier alpha value is -1.65. The van der Waals surface area contributed by atoms with Crippen LogP contribution in [0.4, 0.5) is 0 Å². The number of hydrogen-bond acceptors (Lipinski definition) is 3. The smallest absolute Gasteiger partial charge is 0.115 e. The zero-order valence-electron chi connectivity index (χ0n) is 10.8. The van der Waals surface area contributed by atoms with Crippen LogP contribution in [0.3, 0.4) is 0 Å². The minimum Gasteiger partial charge on any atom is -0.508 e. The van der Waals surface area contributed by atoms with E-state index >= 15 is 0 Å². The fourth-order valence-electron chi connectivity index (χ4n) is 1.89. The highest BCUT2D eigenvalue weighted by Gasteiger charge is 2.00. The molecule has 1 aromatic heterocycles. The number of rotatable bonds is 3. The van der Waals surface area contributed by atoms with Gasteiger partial charge in [-0.15, -0.1) is 11.8 Å². The fourth-order valence-corrected chi connectivity index (χ4v) is 2.69. The standard InChI is InChI=1S/C16H13NOS.H2S/c18-14-7-9-15(10-8-14)19-11-13-6-5-12-3-1-2-4-16(12)17-13;/h1-10,18H,11H2;1H2. The van der Waals surface area contributed by atoms with Gasteiger partial charge in [0.25, 0.3) is 0 Å². The van der Waals surface area contributed by atoms with Gasteiger partial charge < -0.3 is 5.11 Å². The largest absolute Gasteiger partial charge is 0.508 e. The van der Waals surface area contributed by atoms with Crippen LogP contribution in [0.15, 0.2) is 65.6 Å². The molecule has 0 fully saturated rings. The molecule has 0 spiro atoms. The van der Waals surface area contributed by atoms with E-state index in [4.69, 9.17) is 0 Å². The Kier molecular flexibility index (Phi) is 4.93. The second-order valence-electron chi connectivity index (χ2n) is 4.28. The molecule has 0 amide bonds. The lowest BCUT2D eigenvalue weighted by molar-refractivity contribution is 0.475. The van der Waals surface area contributed by atoms with Crippen molar-refractivity contribution in [1.82, 2.24) is 4.98 Å². The van der Waals surface area contributed by atoms with Gasteiger partial charge in [-0.2, -0.15) is 13.5 Å². The van der Waals surface area contributed by atoms with E-state index < -0.39 is 0 Å². The predicted octanol–water partition coefficient (Wildman–Crippen LogP) is 4.35. The molecule has 2 aromatic carbocycles. The number of phenolic OH excluding ortho intramolecular Hbond substituents is 1. The second-order valence-corrected chi connectivity index (χ2v) is 5.33. The summed E-state index contributed by atoms with van der Waals surface area (Å²) in [6, 6.07) is 19.5. The van der Waals surface area contributed by atoms with Crippen LogP contribution in [0.1, 0.15) is 5.69 Å². The van der Waals surface area contributed by atoms with Crippen LogP contribution in [-0.4, -0.2) is 10.1 Å². The zero-order chi connectivity index (χ0) is 13.1. The summed E-state index contributed by atoms with van der Waals surface area (Å²) in [6.45, 7) is 0. The number of aromatic nitrogens is 1. The lowest BCUT2D eigenvalue weighted by Gasteiger charge is -2.03. The Morgan fingerprint density at radius 2 is 1.65 bits per heavy atom. The minimum absolute atomic E-state index is 0. The van der Waals surface area contributed by atoms with E-state index in [-0.39, 0.29) is 13.5 Å². The summed E-state index contributed by atoms with van der Waals surface area (Å²) in [5.41, 5.74) is 2.10. The molecule has 0 saturated heterocycles. The molecule has 102 valence electrons. The van der Waals surface area contributed by atoms with Crippen molar-refractivity contribution in [1.29, 1.82) is 0 Å². The van der Waals surface area contributed by atoms with Crippen molar-refractivity contribution in [3.05, 3.63) is 66.4 Å². The third kappa shape index (κ3) is 3.46. The first-order valence-corrected chi connectivity index (χ1v) is 7.06. The third-order valence-electron chi connectivity index (χ3n) is 2.88. The highest BCUT2D eigenvalue weighted by atomic mass is 32.2. The van der Waals surface area contributed by atoms with E-state index in [9.17, 15) is 5.11 Å². The van der Waals surface area contributed by atoms with Crippen LogP contribution >= 0.6 is 25.3 Å². The van der Waals surface area contributed by atoms with Gasteiger partial charge in [-0.25, -0.2) is 0 Å². The van der Waals surface area contributed by atoms with Gasteiger partial charge in [-0.3, -0.25) is 4.98 Å². The molecule has 0 aliphatic heterocycles. The Labute approximate surface area is 129 Å². The highest BCUT2D eigenvalue weighted by Crippen LogP contribution is 2.24. The van der Waals surface area contributed by atoms with Gasteiger partial charge in [-0.05, 0) is 36.4 Å². The number of fused-ring (bicyclic) bond motifs is 1. The van der Waals surface area contributed by atoms with Crippen LogP contribution in [-0.2, 0) is 5.75 Å². The van der Waals surface area contributed by atoms with Gasteiger partial charge in [0.1, 0.15) is 5.75 Å². The van der Waals surface area contributed by atoms with Crippen molar-refractivity contribution < 1.29 is 5.11 Å². The number of para-hydroxylation sites is 1. The van der Waals surface area contributed by atoms with Crippen molar-refractivity contribution in [2.45, 2.75) is 10.6 Å². The molecule has 0 radical (unpaired) electrons. The van der Waals surface area contributed by atoms with Crippen molar-refractivity contribution in [2.75, 3.05) is 0 Å². The van der Waals surface area contributed by atoms with Gasteiger partial charge in [0.15, 0.2) is 0 Å². The summed E-state index contributed by atoms with van der Waals surface area (Å²) in [4.78, 5) is 5.77. The summed E-state index contributed by atoms with van der Waals surface area (Å²) in [7, 11) is 0. The summed E-state index contributed by atoms with van der Waals surface area (Å²) >= 11 is 1.72. The molecule has 20 heavy (non-hydrogen) atoms. The topological polar surface area (TPSA) is 33.1 Å². The number of nitrogens with zero attached hydrogens (tertiary/aromatic N) is 1. The molecule has 2 nitrogen and oxygen atoms in total. The number of hydrogen-bond donors (Lipinski definition) is 1. The predicted molar refractivity (Wildman–Crippen MR) is 89.8 cm³/mol. The molecule has 1 heterocycles. The number of benzene rings is 2. The lowest BCUT2D eigenvalue weighted by Crippen LogP contribution is -1.87. The number of thioether (sulfide) groups is 1. The maximum atomic E-state index is 9.24. The molecule has 0 bridgehead atoms. The maximum Gasteiger partial charge on any atom is 0.115 e. The molecule has 0 unspecified atom stereocenters. The first-order chi connectivity index (χ1) is 9.31. The van der Waals surface area contributed by atoms with Crippen LogP contribution < -0.4 is 0 Å². The third-order valence-corrected chi connectivity index (χ3v) is 3.93. The number of pyridine rings is 1. The van der Waals surface area contributed by atoms with Gasteiger partial charge in [-0.1, -0.05) is 24.3 Å². The molecule has 0 saturated carbocycles. The molecule has 1 N–H and O–H groups in total. The summed E-state index contributed by atoms with van der Waals surface area (Å²) in [5.74, 6) is 1.13. The van der Waals surface area contributed by atoms with E-state index in [1.165, 1.54) is 5.39 Å². The SMILES string of the molecule is Oc1ccc(SCc2ccc3ccccc3n2)cc1.S. The molecule has 0 aliphatic carbocycles. The Balaban J connectivity index is 0.00000147. The van der Waals surface area contributed by atoms with Crippen LogP contribution in [0.5, 0.6) is 5.75 Å². The van der Waals surface area contributed by atoms with Gasteiger partial charge in [0.2, 0.25) is 0 Å². The van der Waals surface area contributed by atoms with E-state index in [2.05, 4.69) is 23.2 Å². The average molecular weight is 301 g/mol. The first-order valence-electron chi connectivity index (χ1n) is 6.08. The van der Waals surface area contributed by atoms with E-state index in [0.717, 1.165) is 21.9 Å². The average Bonchev–Trinajstić information content (AvgIpc) is 2.46. The van der Waals surface area contributed by atoms with Gasteiger partial charge in [0.05, 0.1) is 11.2 Å². The van der Waals surface area contributed by atoms with Crippen molar-refractivity contribution in [2.24, 2.45) is 0 Å². The quantitative estimate of drug-likeness (QED) is 0.730. The molecule has 4 heteroatoms. The highest BCUT2D eigenvalue weighted by molar-refractivity contribution is 7.98. The van der Waals surface area contributed by atoms with E-state index in [1.54, 1.807) is 23.9 Å². The monoisotopic (exact) mass is 301 g/mol. The van der Waals surface area contributed by atoms with E-state index in [0.29, 0.717) is 5.75 Å². The molecule has 0 atom stereocenters. The van der Waals surface area contributed by atoms with Gasteiger partial charge >= 0.3 is 0 Å². The van der Waals surface area contributed by atoms with E-state index in [1.807, 2.05) is 30.3 Å². The maximum absolute atomic E-state index is 9.24. The second kappa shape index (κ2) is 6.68. The zero-order valence-corrected chi connectivity index (χ0v) is 12.6. The van der Waals surface area contributed by atoms with Crippen molar-refractivity contribution >= 4 is 36.2 Å². The Morgan fingerprint density at radius 3 is 2.45 bits per heavy atom. The summed E-state index contributed by atoms with van der Waals surface area (Å²) < 4.78 is 0. The summed E-state index contributed by atoms with van der Waals surface area (Å²) in [5, 5.41) is 10.4. The molecule has 3 aromatic rings. The molecule has 0 aliphatic rings. The Morgan fingerprint density at radius 1 is 0.900 bits per heavy atom. The van der Waals surface area contributed by atoms with Gasteiger partial charge in [0, 0.05) is 16.0 Å². The first kappa shape index (κ1) is 14.8. The molecular weight excluding hydrogens is 286 g/mol. The number of aromatic hydroxyl groups is 1. The summed E-state index contributed by atoms with van der Waals surface area (Å²) in [6.07, 6.45) is 0. The van der Waals surface area contributed by atoms with Crippen LogP contribution in [0.25, 0.3) is 10.9 Å². The van der Waals surface area contributed by atoms with Crippen molar-refractivity contribution in [3.8, 4) is 5.75 Å².